The van der Waals surface area contributed by atoms with E-state index < -0.39 is 11.8 Å². The Morgan fingerprint density at radius 1 is 0.390 bits per heavy atom. The van der Waals surface area contributed by atoms with Crippen LogP contribution in [0.2, 0.25) is 0 Å². The van der Waals surface area contributed by atoms with Crippen molar-refractivity contribution in [2.24, 2.45) is 56.2 Å². The molecule has 546 valence electrons. The van der Waals surface area contributed by atoms with Crippen LogP contribution in [0.25, 0.3) is 45.0 Å². The van der Waals surface area contributed by atoms with Gasteiger partial charge in [-0.15, -0.1) is 0 Å². The summed E-state index contributed by atoms with van der Waals surface area (Å²) in [6.07, 6.45) is 22.1. The number of rotatable bonds is 5. The first-order valence-electron chi connectivity index (χ1n) is 41.3. The second-order valence-corrected chi connectivity index (χ2v) is 37.8. The summed E-state index contributed by atoms with van der Waals surface area (Å²) >= 11 is 0. The molecule has 7 atom stereocenters. The van der Waals surface area contributed by atoms with Crippen molar-refractivity contribution in [2.45, 2.75) is 241 Å². The van der Waals surface area contributed by atoms with Gasteiger partial charge in [0, 0.05) is 101 Å². The highest BCUT2D eigenvalue weighted by Crippen LogP contribution is 2.72. The van der Waals surface area contributed by atoms with Crippen molar-refractivity contribution >= 4 is 5.71 Å². The number of nitrogens with zero attached hydrogens (tertiary/aromatic N) is 5. The lowest BCUT2D eigenvalue weighted by Gasteiger charge is -2.35. The third-order valence-corrected chi connectivity index (χ3v) is 28.7. The molecule has 8 aliphatic carbocycles. The van der Waals surface area contributed by atoms with Gasteiger partial charge in [-0.3, -0.25) is 0 Å². The molecule has 7 unspecified atom stereocenters. The van der Waals surface area contributed by atoms with Crippen molar-refractivity contribution in [1.29, 1.82) is 0 Å². The Labute approximate surface area is 637 Å². The fraction of sp³-hybridized carbons (Fsp3) is 0.470. The number of hydrogen-bond acceptors (Lipinski definition) is 0. The van der Waals surface area contributed by atoms with E-state index in [1.54, 1.807) is 11.1 Å². The van der Waals surface area contributed by atoms with Crippen LogP contribution in [-0.2, 0) is 55.3 Å². The van der Waals surface area contributed by atoms with Gasteiger partial charge in [0.05, 0.1) is 0 Å². The quantitative estimate of drug-likeness (QED) is 0.153. The van der Waals surface area contributed by atoms with Gasteiger partial charge in [0.1, 0.15) is 35.2 Å². The molecule has 9 aromatic rings. The molecule has 9 aliphatic rings. The molecule has 4 saturated carbocycles. The van der Waals surface area contributed by atoms with Crippen LogP contribution in [0.5, 0.6) is 0 Å². The third-order valence-electron chi connectivity index (χ3n) is 28.7. The van der Waals surface area contributed by atoms with Gasteiger partial charge in [-0.2, -0.15) is 0 Å². The summed E-state index contributed by atoms with van der Waals surface area (Å²) in [4.78, 5) is 0. The Kier molecular flexibility index (Phi) is 17.7. The number of allylic oxidation sites excluding steroid dienone is 1. The SMILES string of the molecule is Cc1ccccc1-c1c2c(cc[n+]1C)C(C)(C)CC2(C)C.Cc1ccccc1-c1cc2c(c[n+]1C)C(C)(C)CC2(C)C.Cc1ccccc1-c1cc2c(c[n+]1C)C1(C)CCC2C1(C)C.[2H]C12CCC(C)(C3=C[N+](C)=C(c4ccccc4C)CC31)C2(C)C.[2H]C12CCC([2H])(C1)c1c[n+](C)c(-c3ccccc3C)cc12. The molecule has 4 aromatic heterocycles. The van der Waals surface area contributed by atoms with Crippen LogP contribution < -0.4 is 18.3 Å². The summed E-state index contributed by atoms with van der Waals surface area (Å²) < 4.78 is 38.1. The van der Waals surface area contributed by atoms with E-state index in [2.05, 4.69) is 359 Å². The monoisotopic (exact) mass is 1400 g/mol. The maximum Gasteiger partial charge on any atom is 0.216 e. The van der Waals surface area contributed by atoms with Crippen LogP contribution >= 0.6 is 0 Å². The van der Waals surface area contributed by atoms with Crippen LogP contribution in [0.3, 0.4) is 0 Å². The Balaban J connectivity index is 0.000000113. The van der Waals surface area contributed by atoms with Crippen LogP contribution in [0, 0.1) is 62.7 Å². The molecular formula is C100H126N5+5. The lowest BCUT2D eigenvalue weighted by Crippen LogP contribution is -2.36. The maximum atomic E-state index is 9.32. The molecule has 0 spiro atoms. The highest BCUT2D eigenvalue weighted by atomic mass is 15.0. The van der Waals surface area contributed by atoms with E-state index in [0.717, 1.165) is 48.4 Å². The molecule has 5 nitrogen and oxygen atoms in total. The summed E-state index contributed by atoms with van der Waals surface area (Å²) in [5, 5.41) is 0. The van der Waals surface area contributed by atoms with E-state index in [9.17, 15) is 1.37 Å². The molecule has 0 saturated heterocycles. The molecule has 0 N–H and O–H groups in total. The summed E-state index contributed by atoms with van der Waals surface area (Å²) in [7, 11) is 10.8. The fourth-order valence-electron chi connectivity index (χ4n) is 22.5. The minimum Gasteiger partial charge on any atom is -0.205 e. The van der Waals surface area contributed by atoms with Crippen molar-refractivity contribution in [2.75, 3.05) is 7.05 Å². The minimum atomic E-state index is -0.539. The first kappa shape index (κ1) is 70.1. The van der Waals surface area contributed by atoms with Crippen LogP contribution in [0.4, 0.5) is 0 Å². The Hall–Kier alpha value is -7.89. The second-order valence-electron chi connectivity index (χ2n) is 37.8. The smallest absolute Gasteiger partial charge is 0.205 e. The Bertz CT molecular complexity index is 5100. The zero-order chi connectivity index (χ0) is 78.0. The van der Waals surface area contributed by atoms with Crippen molar-refractivity contribution in [1.82, 2.24) is 0 Å². The van der Waals surface area contributed by atoms with E-state index in [4.69, 9.17) is 2.74 Å². The number of benzene rings is 5. The number of pyridine rings is 4. The Morgan fingerprint density at radius 2 is 0.829 bits per heavy atom. The molecule has 0 amide bonds. The highest BCUT2D eigenvalue weighted by Gasteiger charge is 2.65. The summed E-state index contributed by atoms with van der Waals surface area (Å²) in [5.41, 5.74) is 34.7. The van der Waals surface area contributed by atoms with Crippen molar-refractivity contribution in [3.05, 3.63) is 260 Å². The van der Waals surface area contributed by atoms with Gasteiger partial charge in [-0.25, -0.2) is 22.8 Å². The Morgan fingerprint density at radius 3 is 1.37 bits per heavy atom. The number of aromatic nitrogens is 4. The molecule has 5 aromatic carbocycles. The van der Waals surface area contributed by atoms with Crippen molar-refractivity contribution < 1.29 is 27.0 Å². The summed E-state index contributed by atoms with van der Waals surface area (Å²) in [5.74, 6) is -0.288. The molecule has 18 rings (SSSR count). The third kappa shape index (κ3) is 12.3. The molecule has 1 aliphatic heterocycles. The minimum absolute atomic E-state index is 0.0541. The van der Waals surface area contributed by atoms with Crippen LogP contribution in [0.1, 0.15) is 261 Å². The van der Waals surface area contributed by atoms with E-state index in [1.165, 1.54) is 138 Å². The largest absolute Gasteiger partial charge is 0.216 e. The van der Waals surface area contributed by atoms with Crippen LogP contribution in [-0.4, -0.2) is 17.3 Å². The van der Waals surface area contributed by atoms with Gasteiger partial charge in [0.25, 0.3) is 0 Å². The van der Waals surface area contributed by atoms with E-state index in [0.29, 0.717) is 23.2 Å². The number of fused-ring (bicyclic) bond motifs is 17. The summed E-state index contributed by atoms with van der Waals surface area (Å²) in [6.45, 7) is 44.4. The molecule has 4 fully saturated rings. The van der Waals surface area contributed by atoms with Gasteiger partial charge in [-0.05, 0) is 235 Å². The maximum absolute atomic E-state index is 9.32. The van der Waals surface area contributed by atoms with Gasteiger partial charge >= 0.3 is 0 Å². The average molecular weight is 1400 g/mol. The van der Waals surface area contributed by atoms with Crippen molar-refractivity contribution in [3.63, 3.8) is 0 Å². The predicted molar refractivity (Wildman–Crippen MR) is 437 cm³/mol. The topological polar surface area (TPSA) is 18.5 Å². The fourth-order valence-corrected chi connectivity index (χ4v) is 22.5. The molecule has 6 bridgehead atoms. The predicted octanol–water partition coefficient (Wildman–Crippen LogP) is 22.2. The normalized spacial score (nSPS) is 27.5. The number of aryl methyl sites for hydroxylation is 9. The van der Waals surface area contributed by atoms with Gasteiger partial charge in [0.2, 0.25) is 22.8 Å². The first-order chi connectivity index (χ1) is 50.5. The van der Waals surface area contributed by atoms with Crippen LogP contribution in [0.15, 0.2) is 182 Å². The lowest BCUT2D eigenvalue weighted by atomic mass is 9.69. The molecule has 0 radical (unpaired) electrons. The van der Waals surface area contributed by atoms with Gasteiger partial charge < -0.3 is 0 Å². The standard InChI is InChI=1S/C21H28N.C21H26N.2C20H26N.C18H20N/c2*1-14-8-6-7-9-15(14)19-12-16-17-10-11-21(4,20(17,2)3)18(16)13-22(19)5;1-14-9-7-8-10-15(14)18-11-16-17(12-21(18)6)20(4,5)13-19(16,2)3;1-14-9-7-8-10-15(14)18-17-16(11-12-21(18)6)19(2,3)13-20(17,4)5;1-12-5-3-4-6-15(12)18-10-16-13-7-8-14(9-13)17(16)11-19(18)2/h6-9,13,16-17H,10-12H2,1-5H3;6-9,12-13,17H,10-11H2,1-5H3;2*7-12H,13H2,1-6H3;3-6,10-11,13-14H,7-9H2,1-2H3/q5*+1/i17D;;;;13D,14D. The average Bonchev–Trinajstić information content (AvgIpc) is 1.58. The van der Waals surface area contributed by atoms with Gasteiger partial charge in [0.15, 0.2) is 36.7 Å². The molecule has 5 heterocycles. The van der Waals surface area contributed by atoms with E-state index in [-0.39, 0.29) is 38.4 Å². The molecule has 105 heavy (non-hydrogen) atoms. The number of hydrogen-bond donors (Lipinski definition) is 0. The zero-order valence-corrected chi connectivity index (χ0v) is 68.7. The van der Waals surface area contributed by atoms with E-state index in [1.807, 2.05) is 7.05 Å². The molecule has 5 heteroatoms. The second kappa shape index (κ2) is 26.5. The van der Waals surface area contributed by atoms with Gasteiger partial charge in [-0.1, -0.05) is 188 Å². The lowest BCUT2D eigenvalue weighted by molar-refractivity contribution is -0.661. The highest BCUT2D eigenvalue weighted by molar-refractivity contribution is 5.99. The zero-order valence-electron chi connectivity index (χ0n) is 71.7. The summed E-state index contributed by atoms with van der Waals surface area (Å²) in [6, 6.07) is 52.6. The molecular weight excluding hydrogens is 1270 g/mol. The van der Waals surface area contributed by atoms with E-state index >= 15 is 0 Å². The van der Waals surface area contributed by atoms with Crippen molar-refractivity contribution in [3.8, 4) is 45.0 Å². The first-order valence-corrected chi connectivity index (χ1v) is 39.8.